The molecule has 206 valence electrons. The predicted molar refractivity (Wildman–Crippen MR) is 141 cm³/mol. The Bertz CT molecular complexity index is 1020. The molecule has 4 rings (SSSR count). The Kier molecular flexibility index (Phi) is 8.63. The van der Waals surface area contributed by atoms with Crippen LogP contribution in [0.25, 0.3) is 0 Å². The maximum Gasteiger partial charge on any atom is 0.498 e. The first kappa shape index (κ1) is 29.3. The molecule has 0 radical (unpaired) electrons. The molecular formula is C24H41B2FN4O6. The first-order valence-electron chi connectivity index (χ1n) is 12.8. The minimum absolute atomic E-state index is 0.283. The number of alkyl halides is 1. The Hall–Kier alpha value is -2.21. The lowest BCUT2D eigenvalue weighted by Crippen LogP contribution is -2.41. The summed E-state index contributed by atoms with van der Waals surface area (Å²) in [6.07, 6.45) is 6.14. The van der Waals surface area contributed by atoms with Crippen LogP contribution < -0.4 is 10.9 Å². The second-order valence-corrected chi connectivity index (χ2v) is 11.9. The number of H-pyrrole nitrogens is 1. The molecule has 0 bridgehead atoms. The second-order valence-electron chi connectivity index (χ2n) is 11.9. The Morgan fingerprint density at radius 3 is 1.76 bits per heavy atom. The average Bonchev–Trinajstić information content (AvgIpc) is 3.49. The number of carbonyl (C=O) groups excluding carboxylic acids is 1. The molecule has 0 aliphatic carbocycles. The fourth-order valence-corrected chi connectivity index (χ4v) is 3.22. The van der Waals surface area contributed by atoms with E-state index in [1.807, 2.05) is 76.2 Å². The van der Waals surface area contributed by atoms with Crippen LogP contribution in [0.3, 0.4) is 0 Å². The maximum atomic E-state index is 11.9. The molecule has 0 saturated carbocycles. The lowest BCUT2D eigenvalue weighted by atomic mass is 9.82. The molecule has 0 aromatic carbocycles. The third kappa shape index (κ3) is 7.22. The summed E-state index contributed by atoms with van der Waals surface area (Å²) in [6, 6.07) is 0. The number of nitrogens with zero attached hydrogens (tertiary/aromatic N) is 3. The molecule has 0 atom stereocenters. The van der Waals surface area contributed by atoms with Gasteiger partial charge < -0.3 is 23.4 Å². The molecule has 2 aromatic heterocycles. The monoisotopic (exact) mass is 523 g/mol. The standard InChI is InChI=1S/C14H23BN2O4.C9H15BN2O2.CH3F/c1-12(2,3)19-11(18)17-9-10(8-16-17)15-20-13(4,5)14(6,7)21-15;1-8(2)9(3,4)14-10(13-8)7-5-11-12-6-7;1-2/h8-9H,1-7H3;5-6H,1-4H3,(H,11,12);1H3/i;;1D. The van der Waals surface area contributed by atoms with Gasteiger partial charge in [-0.3, -0.25) is 9.49 Å². The summed E-state index contributed by atoms with van der Waals surface area (Å²) >= 11 is 0. The second kappa shape index (κ2) is 10.9. The largest absolute Gasteiger partial charge is 0.498 e. The van der Waals surface area contributed by atoms with E-state index in [2.05, 4.69) is 15.3 Å². The van der Waals surface area contributed by atoms with E-state index in [4.69, 9.17) is 24.7 Å². The number of ether oxygens (including phenoxy) is 1. The molecule has 0 amide bonds. The zero-order valence-electron chi connectivity index (χ0n) is 24.8. The molecule has 10 nitrogen and oxygen atoms in total. The summed E-state index contributed by atoms with van der Waals surface area (Å²) in [5.74, 6) is 0. The molecule has 0 unspecified atom stereocenters. The minimum atomic E-state index is -1.00. The van der Waals surface area contributed by atoms with Crippen molar-refractivity contribution in [2.45, 2.75) is 104 Å². The van der Waals surface area contributed by atoms with Crippen LogP contribution in [-0.4, -0.2) is 75.5 Å². The number of aromatic nitrogens is 4. The minimum Gasteiger partial charge on any atom is -0.442 e. The topological polar surface area (TPSA) is 110 Å². The quantitative estimate of drug-likeness (QED) is 0.598. The zero-order chi connectivity index (χ0) is 29.2. The van der Waals surface area contributed by atoms with Crippen molar-refractivity contribution in [3.63, 3.8) is 0 Å². The van der Waals surface area contributed by atoms with Gasteiger partial charge in [0.25, 0.3) is 0 Å². The normalized spacial score (nSPS) is 21.4. The lowest BCUT2D eigenvalue weighted by molar-refractivity contribution is 0.00578. The van der Waals surface area contributed by atoms with E-state index >= 15 is 0 Å². The SMILES string of the molecule is CC(C)(C)OC(=O)n1cc(B2OC(C)(C)C(C)(C)O2)cn1.CC1(C)OB(c2cn[nH]c2)OC1(C)C.[2H]CF. The predicted octanol–water partition coefficient (Wildman–Crippen LogP) is 3.26. The van der Waals surface area contributed by atoms with Gasteiger partial charge in [0, 0.05) is 35.7 Å². The third-order valence-electron chi connectivity index (χ3n) is 6.75. The van der Waals surface area contributed by atoms with Gasteiger partial charge in [-0.05, 0) is 76.2 Å². The van der Waals surface area contributed by atoms with Crippen LogP contribution in [0.2, 0.25) is 0 Å². The van der Waals surface area contributed by atoms with Crippen LogP contribution in [0.1, 0.15) is 77.5 Å². The number of hydrogen-bond donors (Lipinski definition) is 1. The first-order valence-corrected chi connectivity index (χ1v) is 12.1. The third-order valence-corrected chi connectivity index (χ3v) is 6.75. The molecule has 2 aliphatic rings. The van der Waals surface area contributed by atoms with Crippen molar-refractivity contribution < 1.29 is 33.9 Å². The number of aromatic amines is 1. The number of carbonyl (C=O) groups is 1. The van der Waals surface area contributed by atoms with Crippen molar-refractivity contribution >= 4 is 31.3 Å². The van der Waals surface area contributed by atoms with E-state index in [-0.39, 0.29) is 18.3 Å². The highest BCUT2D eigenvalue weighted by molar-refractivity contribution is 6.62. The molecule has 2 fully saturated rings. The highest BCUT2D eigenvalue weighted by atomic mass is 19.1. The summed E-state index contributed by atoms with van der Waals surface area (Å²) in [5, 5.41) is 10.7. The summed E-state index contributed by atoms with van der Waals surface area (Å²) in [4.78, 5) is 11.9. The highest BCUT2D eigenvalue weighted by Crippen LogP contribution is 2.37. The Labute approximate surface area is 221 Å². The van der Waals surface area contributed by atoms with Crippen molar-refractivity contribution in [1.82, 2.24) is 20.0 Å². The van der Waals surface area contributed by atoms with Crippen molar-refractivity contribution in [3.8, 4) is 0 Å². The lowest BCUT2D eigenvalue weighted by Gasteiger charge is -2.32. The molecule has 2 aliphatic heterocycles. The average molecular weight is 523 g/mol. The van der Waals surface area contributed by atoms with Gasteiger partial charge in [0.1, 0.15) is 5.60 Å². The summed E-state index contributed by atoms with van der Waals surface area (Å²) < 4.78 is 45.4. The number of halogens is 1. The van der Waals surface area contributed by atoms with Crippen molar-refractivity contribution in [2.24, 2.45) is 0 Å². The van der Waals surface area contributed by atoms with Crippen molar-refractivity contribution in [2.75, 3.05) is 7.15 Å². The molecule has 13 heteroatoms. The van der Waals surface area contributed by atoms with Gasteiger partial charge in [-0.25, -0.2) is 4.79 Å². The van der Waals surface area contributed by atoms with Crippen molar-refractivity contribution in [1.29, 1.82) is 0 Å². The van der Waals surface area contributed by atoms with Crippen LogP contribution in [-0.2, 0) is 23.4 Å². The van der Waals surface area contributed by atoms with E-state index in [0.717, 1.165) is 10.1 Å². The Morgan fingerprint density at radius 2 is 1.38 bits per heavy atom. The highest BCUT2D eigenvalue weighted by Gasteiger charge is 2.53. The molecule has 0 spiro atoms. The van der Waals surface area contributed by atoms with Gasteiger partial charge in [-0.15, -0.1) is 0 Å². The van der Waals surface area contributed by atoms with Crippen LogP contribution in [0.5, 0.6) is 0 Å². The fraction of sp³-hybridized carbons (Fsp3) is 0.708. The zero-order valence-corrected chi connectivity index (χ0v) is 23.8. The van der Waals surface area contributed by atoms with Gasteiger partial charge in [0.2, 0.25) is 0 Å². The molecule has 2 saturated heterocycles. The van der Waals surface area contributed by atoms with Crippen molar-refractivity contribution in [3.05, 3.63) is 24.8 Å². The van der Waals surface area contributed by atoms with Crippen LogP contribution in [0.15, 0.2) is 24.8 Å². The molecule has 1 N–H and O–H groups in total. The molecule has 37 heavy (non-hydrogen) atoms. The number of nitrogens with one attached hydrogen (secondary N) is 1. The molecular weight excluding hydrogens is 481 g/mol. The van der Waals surface area contributed by atoms with Gasteiger partial charge in [0.15, 0.2) is 0 Å². The van der Waals surface area contributed by atoms with Gasteiger partial charge >= 0.3 is 20.3 Å². The van der Waals surface area contributed by atoms with Gasteiger partial charge in [-0.2, -0.15) is 14.9 Å². The first-order chi connectivity index (χ1) is 17.3. The molecule has 2 aromatic rings. The van der Waals surface area contributed by atoms with E-state index in [1.165, 1.54) is 0 Å². The Balaban J connectivity index is 0.000000257. The van der Waals surface area contributed by atoms with Crippen LogP contribution in [0.4, 0.5) is 9.18 Å². The number of rotatable bonds is 2. The Morgan fingerprint density at radius 1 is 0.946 bits per heavy atom. The summed E-state index contributed by atoms with van der Waals surface area (Å²) in [7, 11) is -1.84. The van der Waals surface area contributed by atoms with E-state index in [1.54, 1.807) is 24.8 Å². The van der Waals surface area contributed by atoms with Crippen LogP contribution >= 0.6 is 0 Å². The smallest absolute Gasteiger partial charge is 0.442 e. The number of hydrogen-bond acceptors (Lipinski definition) is 8. The van der Waals surface area contributed by atoms with E-state index in [0.29, 0.717) is 5.46 Å². The van der Waals surface area contributed by atoms with Gasteiger partial charge in [-0.1, -0.05) is 0 Å². The molecule has 4 heterocycles. The summed E-state index contributed by atoms with van der Waals surface area (Å²) in [6.45, 7) is 21.5. The van der Waals surface area contributed by atoms with E-state index < -0.39 is 37.2 Å². The van der Waals surface area contributed by atoms with Gasteiger partial charge in [0.05, 0.1) is 30.9 Å². The maximum absolute atomic E-state index is 11.9. The van der Waals surface area contributed by atoms with Crippen LogP contribution in [0, 0.1) is 0 Å². The fourth-order valence-electron chi connectivity index (χ4n) is 3.22. The van der Waals surface area contributed by atoms with E-state index in [9.17, 15) is 9.18 Å². The summed E-state index contributed by atoms with van der Waals surface area (Å²) in [5.41, 5.74) is -0.349.